The Balaban J connectivity index is 3.17. The normalized spacial score (nSPS) is 9.92. The topological polar surface area (TPSA) is 36.7 Å². The van der Waals surface area contributed by atoms with Gasteiger partial charge in [0.25, 0.3) is 6.43 Å². The minimum Gasteiger partial charge on any atom is -0.219 e. The molecule has 0 aromatic carbocycles. The molecule has 0 fully saturated rings. The van der Waals surface area contributed by atoms with Gasteiger partial charge >= 0.3 is 0 Å². The van der Waals surface area contributed by atoms with Crippen LogP contribution in [0.5, 0.6) is 0 Å². The van der Waals surface area contributed by atoms with E-state index in [-0.39, 0.29) is 5.56 Å². The zero-order valence-corrected chi connectivity index (χ0v) is 5.76. The molecular formula is C7H3F3N2. The first-order valence-electron chi connectivity index (χ1n) is 2.99. The number of nitriles is 1. The first kappa shape index (κ1) is 8.53. The third-order valence-electron chi connectivity index (χ3n) is 1.17. The summed E-state index contributed by atoms with van der Waals surface area (Å²) in [4.78, 5) is 2.91. The minimum atomic E-state index is -2.85. The van der Waals surface area contributed by atoms with Crippen molar-refractivity contribution < 1.29 is 13.2 Å². The van der Waals surface area contributed by atoms with Crippen molar-refractivity contribution in [1.29, 1.82) is 5.26 Å². The van der Waals surface area contributed by atoms with Gasteiger partial charge in [0.1, 0.15) is 5.69 Å². The fourth-order valence-corrected chi connectivity index (χ4v) is 0.694. The monoisotopic (exact) mass is 172 g/mol. The Hall–Kier alpha value is -1.57. The average molecular weight is 172 g/mol. The van der Waals surface area contributed by atoms with Gasteiger partial charge in [0, 0.05) is 6.07 Å². The quantitative estimate of drug-likeness (QED) is 0.607. The molecule has 0 amide bonds. The molecule has 0 spiro atoms. The third-order valence-corrected chi connectivity index (χ3v) is 1.17. The Morgan fingerprint density at radius 3 is 2.58 bits per heavy atom. The first-order chi connectivity index (χ1) is 5.63. The second kappa shape index (κ2) is 3.22. The van der Waals surface area contributed by atoms with Crippen molar-refractivity contribution in [2.75, 3.05) is 0 Å². The van der Waals surface area contributed by atoms with Crippen molar-refractivity contribution in [1.82, 2.24) is 4.98 Å². The number of pyridine rings is 1. The minimum absolute atomic E-state index is 0.155. The maximum absolute atomic E-state index is 12.4. The van der Waals surface area contributed by atoms with Gasteiger partial charge in [-0.1, -0.05) is 0 Å². The van der Waals surface area contributed by atoms with Gasteiger partial charge < -0.3 is 0 Å². The van der Waals surface area contributed by atoms with Gasteiger partial charge in [-0.25, -0.2) is 13.8 Å². The van der Waals surface area contributed by atoms with Gasteiger partial charge in [0.2, 0.25) is 5.95 Å². The van der Waals surface area contributed by atoms with Crippen molar-refractivity contribution in [2.24, 2.45) is 0 Å². The second-order valence-electron chi connectivity index (χ2n) is 2.02. The van der Waals surface area contributed by atoms with Crippen LogP contribution in [-0.4, -0.2) is 4.98 Å². The first-order valence-corrected chi connectivity index (χ1v) is 2.99. The van der Waals surface area contributed by atoms with Crippen LogP contribution in [0.4, 0.5) is 13.2 Å². The van der Waals surface area contributed by atoms with E-state index in [9.17, 15) is 13.2 Å². The van der Waals surface area contributed by atoms with Gasteiger partial charge in [0.05, 0.1) is 11.6 Å². The molecule has 0 saturated carbocycles. The number of alkyl halides is 2. The van der Waals surface area contributed by atoms with Gasteiger partial charge in [-0.15, -0.1) is 0 Å². The highest BCUT2D eigenvalue weighted by Crippen LogP contribution is 2.17. The molecule has 0 N–H and O–H groups in total. The molecule has 1 heterocycles. The summed E-state index contributed by atoms with van der Waals surface area (Å²) in [5, 5.41) is 8.28. The lowest BCUT2D eigenvalue weighted by atomic mass is 10.2. The summed E-state index contributed by atoms with van der Waals surface area (Å²) in [5.41, 5.74) is -0.871. The fourth-order valence-electron chi connectivity index (χ4n) is 0.694. The number of hydrogen-bond donors (Lipinski definition) is 0. The molecular weight excluding hydrogens is 169 g/mol. The standard InChI is InChI=1S/C7H3F3N2/c8-6-2-4(3-11)1-5(12-6)7(9)10/h1-2,7H. The molecule has 0 atom stereocenters. The van der Waals surface area contributed by atoms with Crippen LogP contribution in [0.25, 0.3) is 0 Å². The van der Waals surface area contributed by atoms with E-state index in [2.05, 4.69) is 4.98 Å². The Kier molecular flexibility index (Phi) is 2.29. The zero-order valence-electron chi connectivity index (χ0n) is 5.76. The molecule has 1 aromatic heterocycles. The van der Waals surface area contributed by atoms with Crippen LogP contribution >= 0.6 is 0 Å². The maximum atomic E-state index is 12.4. The van der Waals surface area contributed by atoms with E-state index < -0.39 is 18.1 Å². The van der Waals surface area contributed by atoms with Gasteiger partial charge in [0.15, 0.2) is 0 Å². The van der Waals surface area contributed by atoms with Crippen molar-refractivity contribution in [2.45, 2.75) is 6.43 Å². The number of aromatic nitrogens is 1. The van der Waals surface area contributed by atoms with Crippen LogP contribution in [0, 0.1) is 17.3 Å². The van der Waals surface area contributed by atoms with Gasteiger partial charge in [-0.3, -0.25) is 0 Å². The molecule has 0 aliphatic carbocycles. The Labute approximate surface area is 66.3 Å². The van der Waals surface area contributed by atoms with E-state index in [1.54, 1.807) is 6.07 Å². The summed E-state index contributed by atoms with van der Waals surface area (Å²) in [6, 6.07) is 3.20. The molecule has 0 aliphatic heterocycles. The molecule has 1 rings (SSSR count). The van der Waals surface area contributed by atoms with Crippen LogP contribution in [0.3, 0.4) is 0 Å². The lowest BCUT2D eigenvalue weighted by Crippen LogP contribution is -1.94. The number of halogens is 3. The van der Waals surface area contributed by atoms with E-state index in [0.717, 1.165) is 12.1 Å². The highest BCUT2D eigenvalue weighted by Gasteiger charge is 2.11. The zero-order chi connectivity index (χ0) is 9.14. The smallest absolute Gasteiger partial charge is 0.219 e. The summed E-state index contributed by atoms with van der Waals surface area (Å²) < 4.78 is 36.2. The molecule has 2 nitrogen and oxygen atoms in total. The van der Waals surface area contributed by atoms with Crippen LogP contribution in [0.2, 0.25) is 0 Å². The fraction of sp³-hybridized carbons (Fsp3) is 0.143. The van der Waals surface area contributed by atoms with Crippen molar-refractivity contribution in [3.63, 3.8) is 0 Å². The molecule has 62 valence electrons. The Morgan fingerprint density at radius 2 is 2.08 bits per heavy atom. The van der Waals surface area contributed by atoms with Crippen molar-refractivity contribution in [3.05, 3.63) is 29.3 Å². The summed E-state index contributed by atoms with van der Waals surface area (Å²) in [5.74, 6) is -1.07. The number of nitrogens with zero attached hydrogens (tertiary/aromatic N) is 2. The van der Waals surface area contributed by atoms with Crippen LogP contribution < -0.4 is 0 Å². The summed E-state index contributed by atoms with van der Waals surface area (Å²) in [7, 11) is 0. The largest absolute Gasteiger partial charge is 0.280 e. The van der Waals surface area contributed by atoms with E-state index in [1.165, 1.54) is 0 Å². The SMILES string of the molecule is N#Cc1cc(F)nc(C(F)F)c1. The molecule has 12 heavy (non-hydrogen) atoms. The van der Waals surface area contributed by atoms with Gasteiger partial charge in [-0.05, 0) is 6.07 Å². The highest BCUT2D eigenvalue weighted by atomic mass is 19.3. The Bertz CT molecular complexity index is 330. The number of rotatable bonds is 1. The average Bonchev–Trinajstić information content (AvgIpc) is 2.03. The predicted octanol–water partition coefficient (Wildman–Crippen LogP) is 2.03. The molecule has 0 unspecified atom stereocenters. The highest BCUT2D eigenvalue weighted by molar-refractivity contribution is 5.29. The Morgan fingerprint density at radius 1 is 1.42 bits per heavy atom. The summed E-state index contributed by atoms with van der Waals surface area (Å²) in [6.45, 7) is 0. The van der Waals surface area contributed by atoms with E-state index in [0.29, 0.717) is 0 Å². The van der Waals surface area contributed by atoms with Crippen molar-refractivity contribution in [3.8, 4) is 6.07 Å². The van der Waals surface area contributed by atoms with E-state index in [1.807, 2.05) is 0 Å². The van der Waals surface area contributed by atoms with E-state index >= 15 is 0 Å². The molecule has 1 aromatic rings. The van der Waals surface area contributed by atoms with Crippen molar-refractivity contribution >= 4 is 0 Å². The molecule has 5 heteroatoms. The second-order valence-corrected chi connectivity index (χ2v) is 2.02. The predicted molar refractivity (Wildman–Crippen MR) is 33.9 cm³/mol. The molecule has 0 bridgehead atoms. The van der Waals surface area contributed by atoms with E-state index in [4.69, 9.17) is 5.26 Å². The van der Waals surface area contributed by atoms with Gasteiger partial charge in [-0.2, -0.15) is 9.65 Å². The molecule has 0 radical (unpaired) electrons. The molecule has 0 saturated heterocycles. The summed E-state index contributed by atoms with van der Waals surface area (Å²) >= 11 is 0. The van der Waals surface area contributed by atoms with Crippen LogP contribution in [0.15, 0.2) is 12.1 Å². The molecule has 0 aliphatic rings. The van der Waals surface area contributed by atoms with Crippen LogP contribution in [-0.2, 0) is 0 Å². The maximum Gasteiger partial charge on any atom is 0.280 e. The third kappa shape index (κ3) is 1.72. The summed E-state index contributed by atoms with van der Waals surface area (Å²) in [6.07, 6.45) is -2.85. The lowest BCUT2D eigenvalue weighted by Gasteiger charge is -1.97. The van der Waals surface area contributed by atoms with Crippen LogP contribution in [0.1, 0.15) is 17.7 Å². The lowest BCUT2D eigenvalue weighted by molar-refractivity contribution is 0.144. The number of hydrogen-bond acceptors (Lipinski definition) is 2.